The molecule has 1 fully saturated rings. The van der Waals surface area contributed by atoms with Gasteiger partial charge in [-0.05, 0) is 36.5 Å². The molecule has 1 aromatic rings. The molecule has 0 aliphatic heterocycles. The van der Waals surface area contributed by atoms with Crippen LogP contribution >= 0.6 is 0 Å². The number of hydrogen-bond donors (Lipinski definition) is 1. The largest absolute Gasteiger partial charge is 0.396 e. The summed E-state index contributed by atoms with van der Waals surface area (Å²) in [6.45, 7) is 0. The molecular formula is C12H15F2N. The zero-order valence-electron chi connectivity index (χ0n) is 8.60. The van der Waals surface area contributed by atoms with E-state index in [0.29, 0.717) is 5.92 Å². The number of nitrogens with two attached hydrogens (primary N) is 1. The molecule has 0 heterocycles. The fourth-order valence-corrected chi connectivity index (χ4v) is 2.30. The third-order valence-electron chi connectivity index (χ3n) is 3.16. The highest BCUT2D eigenvalue weighted by Gasteiger charge is 2.18. The molecular weight excluding hydrogens is 196 g/mol. The SMILES string of the molecule is Nc1cc(C2CCCCC2)cc(F)c1F. The van der Waals surface area contributed by atoms with E-state index in [1.807, 2.05) is 0 Å². The summed E-state index contributed by atoms with van der Waals surface area (Å²) in [6.07, 6.45) is 5.71. The van der Waals surface area contributed by atoms with Crippen molar-refractivity contribution < 1.29 is 8.78 Å². The molecule has 1 saturated carbocycles. The normalized spacial score (nSPS) is 18.0. The summed E-state index contributed by atoms with van der Waals surface area (Å²) in [5.74, 6) is -1.39. The Bertz CT molecular complexity index is 334. The van der Waals surface area contributed by atoms with Crippen LogP contribution in [0.3, 0.4) is 0 Å². The molecule has 82 valence electrons. The van der Waals surface area contributed by atoms with Crippen molar-refractivity contribution in [3.8, 4) is 0 Å². The second kappa shape index (κ2) is 4.17. The van der Waals surface area contributed by atoms with Crippen LogP contribution in [-0.4, -0.2) is 0 Å². The molecule has 2 N–H and O–H groups in total. The lowest BCUT2D eigenvalue weighted by molar-refractivity contribution is 0.439. The van der Waals surface area contributed by atoms with Gasteiger partial charge in [-0.15, -0.1) is 0 Å². The number of hydrogen-bond acceptors (Lipinski definition) is 1. The minimum absolute atomic E-state index is 0.0735. The zero-order chi connectivity index (χ0) is 10.8. The van der Waals surface area contributed by atoms with Crippen molar-refractivity contribution >= 4 is 5.69 Å². The van der Waals surface area contributed by atoms with Crippen molar-refractivity contribution in [2.75, 3.05) is 5.73 Å². The minimum atomic E-state index is -0.922. The number of halogens is 2. The van der Waals surface area contributed by atoms with E-state index in [1.165, 1.54) is 25.3 Å². The summed E-state index contributed by atoms with van der Waals surface area (Å²) in [5.41, 5.74) is 6.19. The van der Waals surface area contributed by atoms with Gasteiger partial charge < -0.3 is 5.73 Å². The Balaban J connectivity index is 2.27. The van der Waals surface area contributed by atoms with Gasteiger partial charge in [0, 0.05) is 0 Å². The van der Waals surface area contributed by atoms with E-state index < -0.39 is 11.6 Å². The van der Waals surface area contributed by atoms with Gasteiger partial charge in [-0.3, -0.25) is 0 Å². The van der Waals surface area contributed by atoms with E-state index in [4.69, 9.17) is 5.73 Å². The van der Waals surface area contributed by atoms with Crippen LogP contribution < -0.4 is 5.73 Å². The van der Waals surface area contributed by atoms with Crippen molar-refractivity contribution in [1.82, 2.24) is 0 Å². The summed E-state index contributed by atoms with van der Waals surface area (Å²) in [5, 5.41) is 0. The Hall–Kier alpha value is -1.12. The van der Waals surface area contributed by atoms with Gasteiger partial charge in [0.25, 0.3) is 0 Å². The zero-order valence-corrected chi connectivity index (χ0v) is 8.60. The third-order valence-corrected chi connectivity index (χ3v) is 3.16. The van der Waals surface area contributed by atoms with Crippen molar-refractivity contribution in [2.24, 2.45) is 0 Å². The average molecular weight is 211 g/mol. The fraction of sp³-hybridized carbons (Fsp3) is 0.500. The highest BCUT2D eigenvalue weighted by atomic mass is 19.2. The number of anilines is 1. The quantitative estimate of drug-likeness (QED) is 0.706. The smallest absolute Gasteiger partial charge is 0.181 e. The van der Waals surface area contributed by atoms with Gasteiger partial charge in [0.05, 0.1) is 5.69 Å². The van der Waals surface area contributed by atoms with E-state index in [1.54, 1.807) is 6.07 Å². The Morgan fingerprint density at radius 1 is 1.07 bits per heavy atom. The van der Waals surface area contributed by atoms with Crippen molar-refractivity contribution in [2.45, 2.75) is 38.0 Å². The van der Waals surface area contributed by atoms with E-state index in [2.05, 4.69) is 0 Å². The van der Waals surface area contributed by atoms with Crippen molar-refractivity contribution in [3.05, 3.63) is 29.3 Å². The third kappa shape index (κ3) is 2.11. The molecule has 1 aliphatic carbocycles. The van der Waals surface area contributed by atoms with Gasteiger partial charge >= 0.3 is 0 Å². The van der Waals surface area contributed by atoms with Crippen LogP contribution in [0.4, 0.5) is 14.5 Å². The summed E-state index contributed by atoms with van der Waals surface area (Å²) < 4.78 is 26.1. The standard InChI is InChI=1S/C12H15F2N/c13-10-6-9(7-11(15)12(10)14)8-4-2-1-3-5-8/h6-8H,1-5,15H2. The molecule has 0 spiro atoms. The van der Waals surface area contributed by atoms with Crippen molar-refractivity contribution in [3.63, 3.8) is 0 Å². The highest BCUT2D eigenvalue weighted by Crippen LogP contribution is 2.34. The lowest BCUT2D eigenvalue weighted by Crippen LogP contribution is -2.06. The molecule has 3 heteroatoms. The van der Waals surface area contributed by atoms with Crippen LogP contribution in [0.2, 0.25) is 0 Å². The van der Waals surface area contributed by atoms with E-state index in [0.717, 1.165) is 18.4 Å². The topological polar surface area (TPSA) is 26.0 Å². The highest BCUT2D eigenvalue weighted by molar-refractivity contribution is 5.44. The van der Waals surface area contributed by atoms with Gasteiger partial charge in [-0.2, -0.15) is 0 Å². The molecule has 1 nitrogen and oxygen atoms in total. The average Bonchev–Trinajstić information content (AvgIpc) is 2.26. The van der Waals surface area contributed by atoms with Crippen LogP contribution in [-0.2, 0) is 0 Å². The molecule has 2 rings (SSSR count). The minimum Gasteiger partial charge on any atom is -0.396 e. The van der Waals surface area contributed by atoms with E-state index in [-0.39, 0.29) is 5.69 Å². The molecule has 0 amide bonds. The first-order valence-corrected chi connectivity index (χ1v) is 5.43. The number of benzene rings is 1. The fourth-order valence-electron chi connectivity index (χ4n) is 2.30. The molecule has 0 radical (unpaired) electrons. The predicted octanol–water partition coefficient (Wildman–Crippen LogP) is 3.59. The van der Waals surface area contributed by atoms with Gasteiger partial charge in [-0.25, -0.2) is 8.78 Å². The summed E-state index contributed by atoms with van der Waals surface area (Å²) in [7, 11) is 0. The maximum absolute atomic E-state index is 13.1. The van der Waals surface area contributed by atoms with Crippen LogP contribution in [0, 0.1) is 11.6 Å². The first-order valence-electron chi connectivity index (χ1n) is 5.43. The molecule has 1 aromatic carbocycles. The lowest BCUT2D eigenvalue weighted by Gasteiger charge is -2.22. The molecule has 0 bridgehead atoms. The van der Waals surface area contributed by atoms with Gasteiger partial charge in [-0.1, -0.05) is 19.3 Å². The van der Waals surface area contributed by atoms with Crippen LogP contribution in [0.5, 0.6) is 0 Å². The molecule has 0 saturated heterocycles. The van der Waals surface area contributed by atoms with Crippen molar-refractivity contribution in [1.29, 1.82) is 0 Å². The van der Waals surface area contributed by atoms with Crippen LogP contribution in [0.15, 0.2) is 12.1 Å². The Labute approximate surface area is 88.3 Å². The number of rotatable bonds is 1. The first kappa shape index (κ1) is 10.4. The second-order valence-electron chi connectivity index (χ2n) is 4.24. The lowest BCUT2D eigenvalue weighted by atomic mass is 9.84. The number of nitrogen functional groups attached to an aromatic ring is 1. The maximum atomic E-state index is 13.1. The van der Waals surface area contributed by atoms with Gasteiger partial charge in [0.15, 0.2) is 11.6 Å². The molecule has 1 aliphatic rings. The van der Waals surface area contributed by atoms with E-state index in [9.17, 15) is 8.78 Å². The first-order chi connectivity index (χ1) is 7.18. The van der Waals surface area contributed by atoms with Crippen LogP contribution in [0.1, 0.15) is 43.6 Å². The van der Waals surface area contributed by atoms with Crippen LogP contribution in [0.25, 0.3) is 0 Å². The molecule has 0 atom stereocenters. The predicted molar refractivity (Wildman–Crippen MR) is 56.6 cm³/mol. The Kier molecular flexibility index (Phi) is 2.89. The summed E-state index contributed by atoms with van der Waals surface area (Å²) in [6, 6.07) is 2.87. The summed E-state index contributed by atoms with van der Waals surface area (Å²) in [4.78, 5) is 0. The molecule has 15 heavy (non-hydrogen) atoms. The second-order valence-corrected chi connectivity index (χ2v) is 4.24. The maximum Gasteiger partial charge on any atom is 0.181 e. The Morgan fingerprint density at radius 3 is 2.33 bits per heavy atom. The monoisotopic (exact) mass is 211 g/mol. The molecule has 0 aromatic heterocycles. The Morgan fingerprint density at radius 2 is 1.73 bits per heavy atom. The summed E-state index contributed by atoms with van der Waals surface area (Å²) >= 11 is 0. The van der Waals surface area contributed by atoms with Gasteiger partial charge in [0.2, 0.25) is 0 Å². The van der Waals surface area contributed by atoms with Gasteiger partial charge in [0.1, 0.15) is 0 Å². The molecule has 0 unspecified atom stereocenters. The van der Waals surface area contributed by atoms with E-state index >= 15 is 0 Å².